The van der Waals surface area contributed by atoms with E-state index in [1.165, 1.54) is 53.5 Å². The lowest BCUT2D eigenvalue weighted by molar-refractivity contribution is -0.385. The smallest absolute Gasteiger partial charge is 0.338 e. The third-order valence-corrected chi connectivity index (χ3v) is 6.47. The van der Waals surface area contributed by atoms with Gasteiger partial charge in [-0.3, -0.25) is 14.9 Å². The maximum Gasteiger partial charge on any atom is 0.338 e. The minimum Gasteiger partial charge on any atom is -0.456 e. The molecule has 0 radical (unpaired) electrons. The molecule has 3 N–H and O–H groups in total. The third kappa shape index (κ3) is 7.21. The number of rotatable bonds is 7. The molecule has 4 rings (SSSR count). The summed E-state index contributed by atoms with van der Waals surface area (Å²) >= 11 is 6.08. The fourth-order valence-corrected chi connectivity index (χ4v) is 4.48. The Balaban J connectivity index is 1.61. The Kier molecular flexibility index (Phi) is 8.77. The Labute approximate surface area is 247 Å². The van der Waals surface area contributed by atoms with E-state index in [-0.39, 0.29) is 39.8 Å². The van der Waals surface area contributed by atoms with Gasteiger partial charge in [0.15, 0.2) is 5.78 Å². The van der Waals surface area contributed by atoms with E-state index in [9.17, 15) is 24.5 Å². The number of nitrogen functional groups attached to an aromatic ring is 1. The Hall–Kier alpha value is -4.96. The van der Waals surface area contributed by atoms with E-state index in [1.54, 1.807) is 26.8 Å². The van der Waals surface area contributed by atoms with Crippen LogP contribution in [0.15, 0.2) is 85.0 Å². The molecule has 1 aliphatic rings. The number of hydrogen-bond donors (Lipinski definition) is 2. The first-order valence-corrected chi connectivity index (χ1v) is 13.3. The zero-order valence-electron chi connectivity index (χ0n) is 23.2. The lowest BCUT2D eigenvalue weighted by atomic mass is 9.94. The van der Waals surface area contributed by atoms with Crippen molar-refractivity contribution in [2.24, 2.45) is 0 Å². The maximum absolute atomic E-state index is 13.6. The van der Waals surface area contributed by atoms with Crippen LogP contribution in [0, 0.1) is 10.1 Å². The Bertz CT molecular complexity index is 1610. The van der Waals surface area contributed by atoms with Crippen LogP contribution in [0.25, 0.3) is 5.57 Å². The van der Waals surface area contributed by atoms with E-state index in [0.29, 0.717) is 5.57 Å². The molecule has 0 spiro atoms. The lowest BCUT2D eigenvalue weighted by Crippen LogP contribution is -2.46. The molecular formula is C31H29ClN4O6. The number of amides is 2. The molecule has 0 saturated heterocycles. The second kappa shape index (κ2) is 12.3. The number of anilines is 2. The monoisotopic (exact) mass is 588 g/mol. The molecule has 0 fully saturated rings. The number of ketones is 1. The summed E-state index contributed by atoms with van der Waals surface area (Å²) in [5, 5.41) is 14.6. The summed E-state index contributed by atoms with van der Waals surface area (Å²) < 4.78 is 5.38. The zero-order valence-corrected chi connectivity index (χ0v) is 23.9. The molecule has 0 heterocycles. The first-order chi connectivity index (χ1) is 19.8. The van der Waals surface area contributed by atoms with Crippen molar-refractivity contribution in [2.45, 2.75) is 39.0 Å². The molecule has 2 amide bonds. The minimum absolute atomic E-state index is 0.0732. The van der Waals surface area contributed by atoms with Gasteiger partial charge in [0.05, 0.1) is 27.4 Å². The first kappa shape index (κ1) is 30.0. The number of ether oxygens (including phenoxy) is 1. The highest BCUT2D eigenvalue weighted by Crippen LogP contribution is 2.32. The molecule has 1 unspecified atom stereocenters. The number of carbonyl (C=O) groups excluding carboxylic acids is 3. The standard InChI is InChI=1S/C31H29ClN4O6/c1-31(2,3)42-29(38)21-9-12-25(24(33)15-21)34-30(39)35(18-19-7-5-4-6-8-19)27-13-10-20(16-28(27)37)23-17-22(32)11-14-26(23)36(40)41/h4-17,27H,18,33H2,1-3H3,(H,34,39). The van der Waals surface area contributed by atoms with Crippen LogP contribution in [0.2, 0.25) is 5.02 Å². The van der Waals surface area contributed by atoms with Crippen molar-refractivity contribution in [2.75, 3.05) is 11.1 Å². The van der Waals surface area contributed by atoms with Crippen molar-refractivity contribution >= 4 is 52.0 Å². The van der Waals surface area contributed by atoms with Gasteiger partial charge in [-0.1, -0.05) is 54.1 Å². The molecule has 0 aromatic heterocycles. The summed E-state index contributed by atoms with van der Waals surface area (Å²) in [6.45, 7) is 5.32. The topological polar surface area (TPSA) is 145 Å². The van der Waals surface area contributed by atoms with Crippen LogP contribution in [0.5, 0.6) is 0 Å². The van der Waals surface area contributed by atoms with Crippen LogP contribution in [-0.4, -0.2) is 39.2 Å². The van der Waals surface area contributed by atoms with E-state index in [4.69, 9.17) is 22.1 Å². The molecule has 10 nitrogen and oxygen atoms in total. The average Bonchev–Trinajstić information content (AvgIpc) is 2.92. The minimum atomic E-state index is -1.02. The Morgan fingerprint density at radius 1 is 1.10 bits per heavy atom. The van der Waals surface area contributed by atoms with E-state index in [1.807, 2.05) is 30.3 Å². The van der Waals surface area contributed by atoms with Gasteiger partial charge in [0.2, 0.25) is 0 Å². The number of nitro groups is 1. The Morgan fingerprint density at radius 2 is 1.81 bits per heavy atom. The van der Waals surface area contributed by atoms with E-state index >= 15 is 0 Å². The third-order valence-electron chi connectivity index (χ3n) is 6.23. The van der Waals surface area contributed by atoms with Crippen molar-refractivity contribution < 1.29 is 24.0 Å². The number of allylic oxidation sites excluding steroid dienone is 2. The van der Waals surface area contributed by atoms with Crippen molar-refractivity contribution in [3.8, 4) is 0 Å². The molecule has 1 atom stereocenters. The summed E-state index contributed by atoms with van der Waals surface area (Å²) in [6.07, 6.45) is 4.33. The van der Waals surface area contributed by atoms with Crippen molar-refractivity contribution in [1.82, 2.24) is 4.90 Å². The summed E-state index contributed by atoms with van der Waals surface area (Å²) in [4.78, 5) is 51.8. The van der Waals surface area contributed by atoms with Gasteiger partial charge >= 0.3 is 12.0 Å². The number of halogens is 1. The van der Waals surface area contributed by atoms with E-state index in [0.717, 1.165) is 5.56 Å². The second-order valence-electron chi connectivity index (χ2n) is 10.6. The first-order valence-electron chi connectivity index (χ1n) is 12.9. The second-order valence-corrected chi connectivity index (χ2v) is 11.0. The molecule has 42 heavy (non-hydrogen) atoms. The SMILES string of the molecule is CC(C)(C)OC(=O)c1ccc(NC(=O)N(Cc2ccccc2)C2C=CC(c3cc(Cl)ccc3[N+](=O)[O-])=CC2=O)c(N)c1. The van der Waals surface area contributed by atoms with Crippen molar-refractivity contribution in [3.63, 3.8) is 0 Å². The summed E-state index contributed by atoms with van der Waals surface area (Å²) in [5.41, 5.74) is 7.12. The molecule has 3 aromatic rings. The van der Waals surface area contributed by atoms with Crippen LogP contribution in [0.1, 0.15) is 42.3 Å². The maximum atomic E-state index is 13.6. The summed E-state index contributed by atoms with van der Waals surface area (Å²) in [5.74, 6) is -1.01. The molecule has 0 saturated carbocycles. The predicted octanol–water partition coefficient (Wildman–Crippen LogP) is 6.41. The van der Waals surface area contributed by atoms with E-state index < -0.39 is 34.3 Å². The Morgan fingerprint density at radius 3 is 2.43 bits per heavy atom. The van der Waals surface area contributed by atoms with Gasteiger partial charge in [-0.25, -0.2) is 9.59 Å². The molecule has 1 aliphatic carbocycles. The number of nitrogens with zero attached hydrogens (tertiary/aromatic N) is 2. The molecule has 216 valence electrons. The van der Waals surface area contributed by atoms with Gasteiger partial charge in [0, 0.05) is 17.6 Å². The van der Waals surface area contributed by atoms with Crippen LogP contribution < -0.4 is 11.1 Å². The number of carbonyl (C=O) groups is 3. The lowest BCUT2D eigenvalue weighted by Gasteiger charge is -2.30. The van der Waals surface area contributed by atoms with Crippen molar-refractivity contribution in [1.29, 1.82) is 0 Å². The van der Waals surface area contributed by atoms with Gasteiger partial charge in [-0.2, -0.15) is 0 Å². The van der Waals surface area contributed by atoms with Gasteiger partial charge in [0.1, 0.15) is 11.6 Å². The number of benzene rings is 3. The highest BCUT2D eigenvalue weighted by Gasteiger charge is 2.31. The molecule has 0 bridgehead atoms. The van der Waals surface area contributed by atoms with Crippen LogP contribution in [0.3, 0.4) is 0 Å². The highest BCUT2D eigenvalue weighted by atomic mass is 35.5. The van der Waals surface area contributed by atoms with Crippen LogP contribution in [-0.2, 0) is 16.1 Å². The molecule has 11 heteroatoms. The quantitative estimate of drug-likeness (QED) is 0.140. The van der Waals surface area contributed by atoms with Crippen molar-refractivity contribution in [3.05, 3.63) is 117 Å². The average molecular weight is 589 g/mol. The normalized spacial score (nSPS) is 14.6. The number of esters is 1. The molecular weight excluding hydrogens is 560 g/mol. The summed E-state index contributed by atoms with van der Waals surface area (Å²) in [7, 11) is 0. The number of urea groups is 1. The highest BCUT2D eigenvalue weighted by molar-refractivity contribution is 6.31. The number of nitrogens with two attached hydrogens (primary N) is 1. The fraction of sp³-hybridized carbons (Fsp3) is 0.194. The summed E-state index contributed by atoms with van der Waals surface area (Å²) in [6, 6.07) is 15.9. The molecule has 3 aromatic carbocycles. The van der Waals surface area contributed by atoms with Gasteiger partial charge in [0.25, 0.3) is 5.69 Å². The molecule has 0 aliphatic heterocycles. The number of nitro benzene ring substituents is 1. The van der Waals surface area contributed by atoms with Gasteiger partial charge < -0.3 is 20.7 Å². The van der Waals surface area contributed by atoms with Gasteiger partial charge in [-0.05, 0) is 68.3 Å². The fourth-order valence-electron chi connectivity index (χ4n) is 4.30. The number of hydrogen-bond acceptors (Lipinski definition) is 7. The number of nitrogens with one attached hydrogen (secondary N) is 1. The van der Waals surface area contributed by atoms with Crippen LogP contribution in [0.4, 0.5) is 21.9 Å². The van der Waals surface area contributed by atoms with Gasteiger partial charge in [-0.15, -0.1) is 0 Å². The largest absolute Gasteiger partial charge is 0.456 e. The van der Waals surface area contributed by atoms with Crippen LogP contribution >= 0.6 is 11.6 Å². The van der Waals surface area contributed by atoms with E-state index in [2.05, 4.69) is 5.32 Å². The zero-order chi connectivity index (χ0) is 30.6. The predicted molar refractivity (Wildman–Crippen MR) is 161 cm³/mol.